The van der Waals surface area contributed by atoms with Gasteiger partial charge in [-0.15, -0.1) is 0 Å². The van der Waals surface area contributed by atoms with Gasteiger partial charge in [0.2, 0.25) is 0 Å². The maximum atomic E-state index is 12.6. The Kier molecular flexibility index (Phi) is 3.25. The van der Waals surface area contributed by atoms with E-state index in [4.69, 9.17) is 16.7 Å². The minimum Gasteiger partial charge on any atom is -0.390 e. The van der Waals surface area contributed by atoms with Gasteiger partial charge in [-0.1, -0.05) is 17.7 Å². The predicted molar refractivity (Wildman–Crippen MR) is 48.1 cm³/mol. The quantitative estimate of drug-likeness (QED) is 0.773. The molecule has 2 atom stereocenters. The van der Waals surface area contributed by atoms with Gasteiger partial charge < -0.3 is 10.2 Å². The Labute approximate surface area is 80.6 Å². The van der Waals surface area contributed by atoms with Crippen molar-refractivity contribution in [2.24, 2.45) is 0 Å². The Balaban J connectivity index is 3.01. The molecule has 0 bridgehead atoms. The minimum absolute atomic E-state index is 0.119. The molecule has 13 heavy (non-hydrogen) atoms. The average molecular weight is 205 g/mol. The van der Waals surface area contributed by atoms with Crippen molar-refractivity contribution in [2.75, 3.05) is 0 Å². The zero-order chi connectivity index (χ0) is 10.0. The van der Waals surface area contributed by atoms with Crippen LogP contribution >= 0.6 is 11.6 Å². The highest BCUT2D eigenvalue weighted by Crippen LogP contribution is 2.25. The zero-order valence-electron chi connectivity index (χ0n) is 7.04. The lowest BCUT2D eigenvalue weighted by Gasteiger charge is -2.14. The maximum Gasteiger partial charge on any atom is 0.124 e. The topological polar surface area (TPSA) is 40.5 Å². The van der Waals surface area contributed by atoms with Crippen LogP contribution in [0.2, 0.25) is 5.02 Å². The van der Waals surface area contributed by atoms with Crippen molar-refractivity contribution in [2.45, 2.75) is 19.1 Å². The zero-order valence-corrected chi connectivity index (χ0v) is 7.79. The molecule has 72 valence electrons. The lowest BCUT2D eigenvalue weighted by Crippen LogP contribution is -2.14. The van der Waals surface area contributed by atoms with Gasteiger partial charge in [0.1, 0.15) is 11.9 Å². The van der Waals surface area contributed by atoms with E-state index in [2.05, 4.69) is 0 Å². The summed E-state index contributed by atoms with van der Waals surface area (Å²) in [4.78, 5) is 0. The summed E-state index contributed by atoms with van der Waals surface area (Å²) in [7, 11) is 0. The first-order valence-corrected chi connectivity index (χ1v) is 4.21. The van der Waals surface area contributed by atoms with Crippen molar-refractivity contribution in [3.8, 4) is 0 Å². The van der Waals surface area contributed by atoms with Crippen molar-refractivity contribution in [3.05, 3.63) is 34.6 Å². The molecule has 0 aliphatic rings. The van der Waals surface area contributed by atoms with E-state index in [0.29, 0.717) is 5.56 Å². The molecule has 1 rings (SSSR count). The molecule has 0 heterocycles. The molecule has 0 fully saturated rings. The molecule has 0 amide bonds. The van der Waals surface area contributed by atoms with E-state index in [1.807, 2.05) is 0 Å². The fraction of sp³-hybridized carbons (Fsp3) is 0.333. The van der Waals surface area contributed by atoms with Crippen LogP contribution in [-0.4, -0.2) is 16.3 Å². The van der Waals surface area contributed by atoms with Gasteiger partial charge in [-0.3, -0.25) is 0 Å². The third-order valence-electron chi connectivity index (χ3n) is 1.74. The molecule has 2 N–H and O–H groups in total. The van der Waals surface area contributed by atoms with E-state index in [9.17, 15) is 9.50 Å². The average Bonchev–Trinajstić information content (AvgIpc) is 2.03. The van der Waals surface area contributed by atoms with Crippen molar-refractivity contribution in [1.29, 1.82) is 0 Å². The highest BCUT2D eigenvalue weighted by molar-refractivity contribution is 6.31. The normalized spacial score (nSPS) is 15.5. The second-order valence-corrected chi connectivity index (χ2v) is 3.26. The lowest BCUT2D eigenvalue weighted by atomic mass is 10.1. The van der Waals surface area contributed by atoms with Crippen LogP contribution in [0.15, 0.2) is 18.2 Å². The van der Waals surface area contributed by atoms with E-state index >= 15 is 0 Å². The first kappa shape index (κ1) is 10.4. The molecule has 0 spiro atoms. The van der Waals surface area contributed by atoms with E-state index in [1.54, 1.807) is 0 Å². The molecule has 0 saturated heterocycles. The Bertz CT molecular complexity index is 302. The molecular formula is C9H10ClFO2. The van der Waals surface area contributed by atoms with Crippen LogP contribution in [0.25, 0.3) is 0 Å². The smallest absolute Gasteiger partial charge is 0.124 e. The number of hydrogen-bond donors (Lipinski definition) is 2. The molecule has 0 aliphatic heterocycles. The van der Waals surface area contributed by atoms with E-state index in [-0.39, 0.29) is 5.02 Å². The number of rotatable bonds is 2. The van der Waals surface area contributed by atoms with Gasteiger partial charge in [0.25, 0.3) is 0 Å². The molecule has 1 aromatic carbocycles. The third-order valence-corrected chi connectivity index (χ3v) is 2.07. The van der Waals surface area contributed by atoms with E-state index < -0.39 is 18.0 Å². The van der Waals surface area contributed by atoms with Gasteiger partial charge in [0, 0.05) is 10.6 Å². The van der Waals surface area contributed by atoms with Crippen LogP contribution in [0.3, 0.4) is 0 Å². The molecule has 0 saturated carbocycles. The maximum absolute atomic E-state index is 12.6. The Morgan fingerprint density at radius 3 is 2.46 bits per heavy atom. The molecule has 0 radical (unpaired) electrons. The number of aliphatic hydroxyl groups is 2. The second-order valence-electron chi connectivity index (χ2n) is 2.85. The number of aliphatic hydroxyl groups excluding tert-OH is 2. The minimum atomic E-state index is -1.08. The number of hydrogen-bond acceptors (Lipinski definition) is 2. The molecule has 2 nitrogen and oxygen atoms in total. The second kappa shape index (κ2) is 4.05. The fourth-order valence-corrected chi connectivity index (χ4v) is 1.28. The summed E-state index contributed by atoms with van der Waals surface area (Å²) in [6, 6.07) is 3.64. The van der Waals surface area contributed by atoms with Crippen molar-refractivity contribution < 1.29 is 14.6 Å². The number of benzene rings is 1. The summed E-state index contributed by atoms with van der Waals surface area (Å²) in [6.45, 7) is 1.43. The van der Waals surface area contributed by atoms with Crippen LogP contribution in [0.1, 0.15) is 18.6 Å². The Morgan fingerprint density at radius 1 is 1.38 bits per heavy atom. The lowest BCUT2D eigenvalue weighted by molar-refractivity contribution is 0.0305. The van der Waals surface area contributed by atoms with Gasteiger partial charge in [0.05, 0.1) is 6.10 Å². The van der Waals surface area contributed by atoms with E-state index in [1.165, 1.54) is 19.1 Å². The molecular weight excluding hydrogens is 195 g/mol. The van der Waals surface area contributed by atoms with Crippen molar-refractivity contribution in [3.63, 3.8) is 0 Å². The molecule has 0 unspecified atom stereocenters. The Morgan fingerprint density at radius 2 is 2.00 bits per heavy atom. The van der Waals surface area contributed by atoms with Crippen LogP contribution in [0.4, 0.5) is 4.39 Å². The van der Waals surface area contributed by atoms with Crippen LogP contribution < -0.4 is 0 Å². The molecule has 0 aliphatic carbocycles. The largest absolute Gasteiger partial charge is 0.390 e. The summed E-state index contributed by atoms with van der Waals surface area (Å²) in [5, 5.41) is 18.6. The monoisotopic (exact) mass is 204 g/mol. The Hall–Kier alpha value is -0.640. The van der Waals surface area contributed by atoms with Gasteiger partial charge in [-0.2, -0.15) is 0 Å². The first-order chi connectivity index (χ1) is 6.02. The predicted octanol–water partition coefficient (Wildman–Crippen LogP) is 1.89. The fourth-order valence-electron chi connectivity index (χ4n) is 1.00. The summed E-state index contributed by atoms with van der Waals surface area (Å²) in [6.07, 6.45) is -2.00. The highest BCUT2D eigenvalue weighted by Gasteiger charge is 2.16. The first-order valence-electron chi connectivity index (χ1n) is 3.83. The van der Waals surface area contributed by atoms with Gasteiger partial charge in [0.15, 0.2) is 0 Å². The number of halogens is 2. The molecule has 0 aromatic heterocycles. The van der Waals surface area contributed by atoms with Gasteiger partial charge in [-0.05, 0) is 19.1 Å². The highest BCUT2D eigenvalue weighted by atomic mass is 35.5. The molecule has 4 heteroatoms. The molecule has 1 aromatic rings. The third kappa shape index (κ3) is 2.40. The summed E-state index contributed by atoms with van der Waals surface area (Å²) in [5.41, 5.74) is 0.332. The van der Waals surface area contributed by atoms with Crippen LogP contribution in [0, 0.1) is 5.82 Å². The summed E-state index contributed by atoms with van der Waals surface area (Å²) < 4.78 is 12.6. The SMILES string of the molecule is C[C@H](O)[C@@H](O)c1ccc(F)cc1Cl. The standard InChI is InChI=1S/C9H10ClFO2/c1-5(12)9(13)7-3-2-6(11)4-8(7)10/h2-5,9,12-13H,1H3/t5-,9+/m0/s1. The van der Waals surface area contributed by atoms with E-state index in [0.717, 1.165) is 6.07 Å². The van der Waals surface area contributed by atoms with Crippen LogP contribution in [-0.2, 0) is 0 Å². The van der Waals surface area contributed by atoms with Gasteiger partial charge in [-0.25, -0.2) is 4.39 Å². The van der Waals surface area contributed by atoms with Crippen molar-refractivity contribution >= 4 is 11.6 Å². The summed E-state index contributed by atoms with van der Waals surface area (Å²) in [5.74, 6) is -0.466. The van der Waals surface area contributed by atoms with Gasteiger partial charge >= 0.3 is 0 Å². The van der Waals surface area contributed by atoms with Crippen molar-refractivity contribution in [1.82, 2.24) is 0 Å². The van der Waals surface area contributed by atoms with Crippen LogP contribution in [0.5, 0.6) is 0 Å². The summed E-state index contributed by atoms with van der Waals surface area (Å²) >= 11 is 5.66.